The van der Waals surface area contributed by atoms with Gasteiger partial charge in [0.2, 0.25) is 5.91 Å². The molecular weight excluding hydrogens is 415 g/mol. The molecule has 32 heavy (non-hydrogen) atoms. The molecule has 1 heterocycles. The van der Waals surface area contributed by atoms with E-state index in [-0.39, 0.29) is 23.2 Å². The number of anilines is 2. The molecule has 0 saturated heterocycles. The van der Waals surface area contributed by atoms with Gasteiger partial charge in [0.15, 0.2) is 6.61 Å². The molecule has 164 valence electrons. The maximum atomic E-state index is 13.2. The highest BCUT2D eigenvalue weighted by Gasteiger charge is 2.29. The van der Waals surface area contributed by atoms with Crippen LogP contribution in [-0.4, -0.2) is 34.2 Å². The van der Waals surface area contributed by atoms with Crippen LogP contribution >= 0.6 is 0 Å². The first-order valence-corrected chi connectivity index (χ1v) is 10.1. The summed E-state index contributed by atoms with van der Waals surface area (Å²) in [4.78, 5) is 36.6. The predicted molar refractivity (Wildman–Crippen MR) is 115 cm³/mol. The number of carbonyl (C=O) groups is 3. The Balaban J connectivity index is 1.36. The smallest absolute Gasteiger partial charge is 0.338 e. The molecule has 8 nitrogen and oxygen atoms in total. The van der Waals surface area contributed by atoms with E-state index in [0.717, 1.165) is 12.8 Å². The zero-order valence-electron chi connectivity index (χ0n) is 17.3. The van der Waals surface area contributed by atoms with Crippen LogP contribution in [0.25, 0.3) is 5.69 Å². The largest absolute Gasteiger partial charge is 0.452 e. The summed E-state index contributed by atoms with van der Waals surface area (Å²) in [5.41, 5.74) is 1.93. The van der Waals surface area contributed by atoms with E-state index in [9.17, 15) is 18.8 Å². The fourth-order valence-corrected chi connectivity index (χ4v) is 3.07. The second-order valence-electron chi connectivity index (χ2n) is 7.53. The number of halogens is 1. The molecule has 0 spiro atoms. The lowest BCUT2D eigenvalue weighted by atomic mass is 10.2. The van der Waals surface area contributed by atoms with Crippen molar-refractivity contribution < 1.29 is 23.5 Å². The fraction of sp³-hybridized carbons (Fsp3) is 0.217. The Morgan fingerprint density at radius 3 is 2.56 bits per heavy atom. The average Bonchev–Trinajstić information content (AvgIpc) is 3.56. The van der Waals surface area contributed by atoms with Crippen molar-refractivity contribution in [2.75, 3.05) is 17.2 Å². The molecule has 0 atom stereocenters. The van der Waals surface area contributed by atoms with Gasteiger partial charge in [0.05, 0.1) is 16.9 Å². The Morgan fingerprint density at radius 1 is 1.09 bits per heavy atom. The number of benzene rings is 2. The maximum Gasteiger partial charge on any atom is 0.338 e. The molecule has 0 radical (unpaired) electrons. The van der Waals surface area contributed by atoms with Crippen molar-refractivity contribution in [1.82, 2.24) is 9.78 Å². The Kier molecular flexibility index (Phi) is 5.98. The van der Waals surface area contributed by atoms with Gasteiger partial charge in [-0.2, -0.15) is 5.10 Å². The molecule has 4 rings (SSSR count). The molecule has 2 amide bonds. The minimum atomic E-state index is -0.689. The van der Waals surface area contributed by atoms with Gasteiger partial charge in [0, 0.05) is 17.7 Å². The molecular formula is C23H21FN4O4. The monoisotopic (exact) mass is 436 g/mol. The van der Waals surface area contributed by atoms with Crippen molar-refractivity contribution >= 4 is 29.3 Å². The highest BCUT2D eigenvalue weighted by Crippen LogP contribution is 2.30. The van der Waals surface area contributed by atoms with Gasteiger partial charge in [-0.05, 0) is 62.2 Å². The second kappa shape index (κ2) is 9.01. The van der Waals surface area contributed by atoms with Gasteiger partial charge in [-0.1, -0.05) is 6.07 Å². The molecule has 0 aliphatic heterocycles. The van der Waals surface area contributed by atoms with Gasteiger partial charge >= 0.3 is 5.97 Å². The normalized spacial score (nSPS) is 12.8. The van der Waals surface area contributed by atoms with Crippen molar-refractivity contribution in [3.05, 3.63) is 71.7 Å². The highest BCUT2D eigenvalue weighted by molar-refractivity contribution is 5.98. The van der Waals surface area contributed by atoms with Crippen LogP contribution in [0.15, 0.2) is 54.6 Å². The maximum absolute atomic E-state index is 13.2. The van der Waals surface area contributed by atoms with Gasteiger partial charge in [-0.3, -0.25) is 9.59 Å². The number of aromatic nitrogens is 2. The van der Waals surface area contributed by atoms with Crippen LogP contribution < -0.4 is 10.6 Å². The number of hydrogen-bond donors (Lipinski definition) is 2. The number of rotatable bonds is 7. The number of ether oxygens (including phenoxy) is 1. The van der Waals surface area contributed by atoms with Gasteiger partial charge < -0.3 is 15.4 Å². The van der Waals surface area contributed by atoms with Crippen LogP contribution in [0.1, 0.15) is 28.9 Å². The summed E-state index contributed by atoms with van der Waals surface area (Å²) >= 11 is 0. The first kappa shape index (κ1) is 21.2. The molecule has 2 aromatic carbocycles. The van der Waals surface area contributed by atoms with Gasteiger partial charge in [0.1, 0.15) is 11.6 Å². The minimum absolute atomic E-state index is 0.0429. The molecule has 1 saturated carbocycles. The number of carbonyl (C=O) groups excluding carboxylic acids is 3. The predicted octanol–water partition coefficient (Wildman–Crippen LogP) is 3.46. The molecule has 1 aromatic heterocycles. The van der Waals surface area contributed by atoms with Crippen molar-refractivity contribution in [2.24, 2.45) is 5.92 Å². The van der Waals surface area contributed by atoms with Gasteiger partial charge in [0.25, 0.3) is 5.91 Å². The van der Waals surface area contributed by atoms with Crippen LogP contribution in [0.3, 0.4) is 0 Å². The van der Waals surface area contributed by atoms with Crippen LogP contribution in [0.5, 0.6) is 0 Å². The summed E-state index contributed by atoms with van der Waals surface area (Å²) in [5.74, 6) is -1.29. The van der Waals surface area contributed by atoms with Crippen LogP contribution in [0, 0.1) is 18.7 Å². The lowest BCUT2D eigenvalue weighted by molar-refractivity contribution is -0.119. The quantitative estimate of drug-likeness (QED) is 0.552. The Labute approximate surface area is 183 Å². The second-order valence-corrected chi connectivity index (χ2v) is 7.53. The number of hydrogen-bond acceptors (Lipinski definition) is 5. The molecule has 3 aromatic rings. The highest BCUT2D eigenvalue weighted by atomic mass is 19.1. The lowest BCUT2D eigenvalue weighted by Crippen LogP contribution is -2.22. The topological polar surface area (TPSA) is 102 Å². The Bertz CT molecular complexity index is 1170. The molecule has 1 fully saturated rings. The third-order valence-electron chi connectivity index (χ3n) is 4.82. The van der Waals surface area contributed by atoms with Crippen molar-refractivity contribution in [2.45, 2.75) is 19.8 Å². The molecule has 0 unspecified atom stereocenters. The van der Waals surface area contributed by atoms with E-state index in [2.05, 4.69) is 15.7 Å². The van der Waals surface area contributed by atoms with E-state index in [4.69, 9.17) is 4.74 Å². The Morgan fingerprint density at radius 2 is 1.84 bits per heavy atom. The van der Waals surface area contributed by atoms with Crippen LogP contribution in [0.4, 0.5) is 15.9 Å². The number of esters is 1. The van der Waals surface area contributed by atoms with Crippen molar-refractivity contribution in [3.8, 4) is 5.69 Å². The van der Waals surface area contributed by atoms with E-state index < -0.39 is 18.5 Å². The summed E-state index contributed by atoms with van der Waals surface area (Å²) in [5, 5.41) is 9.70. The SMILES string of the molecule is Cc1cc(NC(=O)COC(=O)c2cccc(NC(=O)C3CC3)c2)n(-c2ccc(F)cc2)n1. The number of nitrogens with one attached hydrogen (secondary N) is 2. The number of amides is 2. The molecule has 9 heteroatoms. The summed E-state index contributed by atoms with van der Waals surface area (Å²) in [7, 11) is 0. The lowest BCUT2D eigenvalue weighted by Gasteiger charge is -2.10. The minimum Gasteiger partial charge on any atom is -0.452 e. The third kappa shape index (κ3) is 5.18. The third-order valence-corrected chi connectivity index (χ3v) is 4.82. The van der Waals surface area contributed by atoms with Crippen LogP contribution in [-0.2, 0) is 14.3 Å². The van der Waals surface area contributed by atoms with Gasteiger partial charge in [-0.15, -0.1) is 0 Å². The van der Waals surface area contributed by atoms with E-state index in [1.54, 1.807) is 31.2 Å². The standard InChI is InChI=1S/C23H21FN4O4/c1-14-11-20(28(27-14)19-9-7-17(24)8-10-19)26-21(29)13-32-23(31)16-3-2-4-18(12-16)25-22(30)15-5-6-15/h2-4,7-12,15H,5-6,13H2,1H3,(H,25,30)(H,26,29). The zero-order chi connectivity index (χ0) is 22.7. The fourth-order valence-electron chi connectivity index (χ4n) is 3.07. The summed E-state index contributed by atoms with van der Waals surface area (Å²) in [6.07, 6.45) is 1.75. The van der Waals surface area contributed by atoms with E-state index >= 15 is 0 Å². The average molecular weight is 436 g/mol. The summed E-state index contributed by atoms with van der Waals surface area (Å²) in [6, 6.07) is 13.7. The van der Waals surface area contributed by atoms with Crippen LogP contribution in [0.2, 0.25) is 0 Å². The number of nitrogens with zero attached hydrogens (tertiary/aromatic N) is 2. The van der Waals surface area contributed by atoms with E-state index in [1.807, 2.05) is 0 Å². The first-order valence-electron chi connectivity index (χ1n) is 10.1. The number of aryl methyl sites for hydroxylation is 1. The van der Waals surface area contributed by atoms with Crippen molar-refractivity contribution in [3.63, 3.8) is 0 Å². The van der Waals surface area contributed by atoms with E-state index in [1.165, 1.54) is 35.0 Å². The van der Waals surface area contributed by atoms with E-state index in [0.29, 0.717) is 22.9 Å². The zero-order valence-corrected chi connectivity index (χ0v) is 17.3. The van der Waals surface area contributed by atoms with Gasteiger partial charge in [-0.25, -0.2) is 13.9 Å². The molecule has 1 aliphatic rings. The molecule has 2 N–H and O–H groups in total. The molecule has 1 aliphatic carbocycles. The summed E-state index contributed by atoms with van der Waals surface area (Å²) < 4.78 is 19.8. The Hall–Kier alpha value is -4.01. The first-order chi connectivity index (χ1) is 15.4. The molecule has 0 bridgehead atoms. The summed E-state index contributed by atoms with van der Waals surface area (Å²) in [6.45, 7) is 1.25. The van der Waals surface area contributed by atoms with Crippen molar-refractivity contribution in [1.29, 1.82) is 0 Å².